The summed E-state index contributed by atoms with van der Waals surface area (Å²) in [7, 11) is 3.47. The van der Waals surface area contributed by atoms with Crippen LogP contribution in [0.15, 0.2) is 18.2 Å². The molecule has 0 aromatic heterocycles. The van der Waals surface area contributed by atoms with Crippen LogP contribution >= 0.6 is 0 Å². The third-order valence-corrected chi connectivity index (χ3v) is 3.44. The van der Waals surface area contributed by atoms with E-state index in [0.29, 0.717) is 11.8 Å². The number of hydrogen-bond donors (Lipinski definition) is 1. The molecule has 0 bridgehead atoms. The summed E-state index contributed by atoms with van der Waals surface area (Å²) >= 11 is 0. The lowest BCUT2D eigenvalue weighted by molar-refractivity contribution is 0.198. The highest BCUT2D eigenvalue weighted by atomic mass is 16.5. The first-order valence-electron chi connectivity index (χ1n) is 6.94. The van der Waals surface area contributed by atoms with E-state index in [1.807, 2.05) is 0 Å². The van der Waals surface area contributed by atoms with E-state index in [0.717, 1.165) is 25.4 Å². The van der Waals surface area contributed by atoms with Crippen molar-refractivity contribution in [2.24, 2.45) is 5.92 Å². The molecule has 108 valence electrons. The highest BCUT2D eigenvalue weighted by Gasteiger charge is 2.19. The highest BCUT2D eigenvalue weighted by Crippen LogP contribution is 2.32. The number of aryl methyl sites for hydroxylation is 1. The second-order valence-electron chi connectivity index (χ2n) is 5.29. The molecular formula is C16H27NO2. The van der Waals surface area contributed by atoms with E-state index in [2.05, 4.69) is 44.3 Å². The fourth-order valence-corrected chi connectivity index (χ4v) is 2.28. The predicted molar refractivity (Wildman–Crippen MR) is 80.1 cm³/mol. The van der Waals surface area contributed by atoms with Crippen molar-refractivity contribution in [3.05, 3.63) is 29.3 Å². The lowest BCUT2D eigenvalue weighted by Gasteiger charge is -2.24. The Morgan fingerprint density at radius 3 is 2.53 bits per heavy atom. The summed E-state index contributed by atoms with van der Waals surface area (Å²) in [5.41, 5.74) is 2.57. The minimum Gasteiger partial charge on any atom is -0.496 e. The molecule has 0 aliphatic heterocycles. The van der Waals surface area contributed by atoms with Crippen molar-refractivity contribution in [3.63, 3.8) is 0 Å². The van der Waals surface area contributed by atoms with Crippen LogP contribution in [0.2, 0.25) is 0 Å². The molecule has 1 N–H and O–H groups in total. The second kappa shape index (κ2) is 8.18. The average Bonchev–Trinajstić information content (AvgIpc) is 2.38. The van der Waals surface area contributed by atoms with Crippen LogP contribution in [0.3, 0.4) is 0 Å². The van der Waals surface area contributed by atoms with Crippen LogP contribution in [0.5, 0.6) is 5.75 Å². The molecule has 1 atom stereocenters. The molecule has 1 unspecified atom stereocenters. The van der Waals surface area contributed by atoms with Crippen LogP contribution in [-0.2, 0) is 4.74 Å². The van der Waals surface area contributed by atoms with Crippen LogP contribution < -0.4 is 10.1 Å². The maximum absolute atomic E-state index is 5.51. The first-order chi connectivity index (χ1) is 9.10. The van der Waals surface area contributed by atoms with Crippen LogP contribution in [-0.4, -0.2) is 33.9 Å². The van der Waals surface area contributed by atoms with Gasteiger partial charge in [-0.3, -0.25) is 0 Å². The van der Waals surface area contributed by atoms with Crippen LogP contribution in [0.25, 0.3) is 0 Å². The van der Waals surface area contributed by atoms with Crippen molar-refractivity contribution in [3.8, 4) is 5.75 Å². The van der Waals surface area contributed by atoms with E-state index in [4.69, 9.17) is 9.47 Å². The van der Waals surface area contributed by atoms with Gasteiger partial charge < -0.3 is 14.8 Å². The number of nitrogens with one attached hydrogen (secondary N) is 1. The lowest BCUT2D eigenvalue weighted by Crippen LogP contribution is -2.27. The van der Waals surface area contributed by atoms with Gasteiger partial charge in [0.25, 0.3) is 0 Å². The van der Waals surface area contributed by atoms with Crippen molar-refractivity contribution in [2.75, 3.05) is 33.9 Å². The topological polar surface area (TPSA) is 30.5 Å². The predicted octanol–water partition coefficient (Wildman–Crippen LogP) is 2.98. The Morgan fingerprint density at radius 1 is 1.21 bits per heavy atom. The van der Waals surface area contributed by atoms with Crippen LogP contribution in [0.1, 0.15) is 30.9 Å². The molecule has 19 heavy (non-hydrogen) atoms. The van der Waals surface area contributed by atoms with Crippen molar-refractivity contribution in [1.82, 2.24) is 5.32 Å². The first kappa shape index (κ1) is 16.0. The number of hydrogen-bond acceptors (Lipinski definition) is 3. The van der Waals surface area contributed by atoms with E-state index in [9.17, 15) is 0 Å². The molecule has 0 fully saturated rings. The standard InChI is InChI=1S/C16H27NO2/c1-12(2)15(11-17-8-9-18-4)14-10-13(3)6-7-16(14)19-5/h6-7,10,12,15,17H,8-9,11H2,1-5H3. The first-order valence-corrected chi connectivity index (χ1v) is 6.94. The highest BCUT2D eigenvalue weighted by molar-refractivity contribution is 5.40. The van der Waals surface area contributed by atoms with Gasteiger partial charge in [-0.05, 0) is 24.5 Å². The molecule has 0 spiro atoms. The fourth-order valence-electron chi connectivity index (χ4n) is 2.28. The monoisotopic (exact) mass is 265 g/mol. The Balaban J connectivity index is 2.83. The van der Waals surface area contributed by atoms with E-state index in [1.54, 1.807) is 14.2 Å². The Hall–Kier alpha value is -1.06. The molecule has 1 aromatic rings. The smallest absolute Gasteiger partial charge is 0.122 e. The normalized spacial score (nSPS) is 12.7. The fraction of sp³-hybridized carbons (Fsp3) is 0.625. The minimum absolute atomic E-state index is 0.451. The quantitative estimate of drug-likeness (QED) is 0.733. The summed E-state index contributed by atoms with van der Waals surface area (Å²) in [6.45, 7) is 9.21. The van der Waals surface area contributed by atoms with E-state index >= 15 is 0 Å². The van der Waals surface area contributed by atoms with Gasteiger partial charge in [0.1, 0.15) is 5.75 Å². The van der Waals surface area contributed by atoms with Gasteiger partial charge in [-0.25, -0.2) is 0 Å². The molecule has 0 saturated carbocycles. The third-order valence-electron chi connectivity index (χ3n) is 3.44. The number of methoxy groups -OCH3 is 2. The lowest BCUT2D eigenvalue weighted by atomic mass is 9.87. The zero-order valence-corrected chi connectivity index (χ0v) is 12.8. The van der Waals surface area contributed by atoms with Crippen LogP contribution in [0, 0.1) is 12.8 Å². The van der Waals surface area contributed by atoms with Gasteiger partial charge in [0.05, 0.1) is 13.7 Å². The molecule has 1 aromatic carbocycles. The number of rotatable bonds is 8. The summed E-state index contributed by atoms with van der Waals surface area (Å²) in [5, 5.41) is 3.46. The van der Waals surface area contributed by atoms with E-state index < -0.39 is 0 Å². The SMILES string of the molecule is COCCNCC(c1cc(C)ccc1OC)C(C)C. The molecule has 0 aliphatic rings. The summed E-state index contributed by atoms with van der Waals surface area (Å²) in [4.78, 5) is 0. The van der Waals surface area contributed by atoms with Gasteiger partial charge in [0.15, 0.2) is 0 Å². The van der Waals surface area contributed by atoms with E-state index in [-0.39, 0.29) is 0 Å². The molecule has 1 rings (SSSR count). The van der Waals surface area contributed by atoms with E-state index in [1.165, 1.54) is 11.1 Å². The Morgan fingerprint density at radius 2 is 1.95 bits per heavy atom. The zero-order valence-electron chi connectivity index (χ0n) is 12.8. The Kier molecular flexibility index (Phi) is 6.89. The van der Waals surface area contributed by atoms with Gasteiger partial charge in [0.2, 0.25) is 0 Å². The van der Waals surface area contributed by atoms with Gasteiger partial charge in [-0.15, -0.1) is 0 Å². The van der Waals surface area contributed by atoms with Crippen LogP contribution in [0.4, 0.5) is 0 Å². The molecule has 0 heterocycles. The second-order valence-corrected chi connectivity index (χ2v) is 5.29. The maximum Gasteiger partial charge on any atom is 0.122 e. The molecular weight excluding hydrogens is 238 g/mol. The summed E-state index contributed by atoms with van der Waals surface area (Å²) in [5.74, 6) is 2.00. The molecule has 3 heteroatoms. The Labute approximate surface area is 117 Å². The van der Waals surface area contributed by atoms with Crippen molar-refractivity contribution in [1.29, 1.82) is 0 Å². The summed E-state index contributed by atoms with van der Waals surface area (Å²) in [6, 6.07) is 6.40. The minimum atomic E-state index is 0.451. The molecule has 0 saturated heterocycles. The van der Waals surface area contributed by atoms with Gasteiger partial charge in [-0.2, -0.15) is 0 Å². The molecule has 0 radical (unpaired) electrons. The van der Waals surface area contributed by atoms with Gasteiger partial charge >= 0.3 is 0 Å². The maximum atomic E-state index is 5.51. The van der Waals surface area contributed by atoms with Crippen molar-refractivity contribution in [2.45, 2.75) is 26.7 Å². The number of ether oxygens (including phenoxy) is 2. The largest absolute Gasteiger partial charge is 0.496 e. The summed E-state index contributed by atoms with van der Waals surface area (Å²) < 4.78 is 10.6. The number of benzene rings is 1. The van der Waals surface area contributed by atoms with Gasteiger partial charge in [0, 0.05) is 26.1 Å². The van der Waals surface area contributed by atoms with Crippen molar-refractivity contribution < 1.29 is 9.47 Å². The van der Waals surface area contributed by atoms with Crippen molar-refractivity contribution >= 4 is 0 Å². The average molecular weight is 265 g/mol. The summed E-state index contributed by atoms with van der Waals surface area (Å²) in [6.07, 6.45) is 0. The zero-order chi connectivity index (χ0) is 14.3. The third kappa shape index (κ3) is 4.84. The molecule has 0 amide bonds. The molecule has 3 nitrogen and oxygen atoms in total. The molecule has 0 aliphatic carbocycles. The van der Waals surface area contributed by atoms with Gasteiger partial charge in [-0.1, -0.05) is 31.5 Å². The Bertz CT molecular complexity index is 377.